The molecule has 1 aliphatic rings. The van der Waals surface area contributed by atoms with Crippen LogP contribution >= 0.6 is 0 Å². The minimum Gasteiger partial charge on any atom is -0.481 e. The van der Waals surface area contributed by atoms with Gasteiger partial charge < -0.3 is 14.7 Å². The molecule has 4 heteroatoms. The maximum Gasteiger partial charge on any atom is 0.313 e. The highest BCUT2D eigenvalue weighted by atomic mass is 16.5. The van der Waals surface area contributed by atoms with Crippen LogP contribution in [-0.4, -0.2) is 48.8 Å². The lowest BCUT2D eigenvalue weighted by atomic mass is 9.86. The van der Waals surface area contributed by atoms with Crippen LogP contribution in [0, 0.1) is 5.41 Å². The summed E-state index contributed by atoms with van der Waals surface area (Å²) in [6, 6.07) is 0. The number of rotatable bonds is 6. The summed E-state index contributed by atoms with van der Waals surface area (Å²) in [7, 11) is 0. The number of carbonyl (C=O) groups is 1. The number of carboxylic acid groups (broad SMARTS) is 1. The van der Waals surface area contributed by atoms with Crippen molar-refractivity contribution in [1.29, 1.82) is 0 Å². The summed E-state index contributed by atoms with van der Waals surface area (Å²) in [5, 5.41) is 9.27. The van der Waals surface area contributed by atoms with Gasteiger partial charge in [0.05, 0.1) is 6.61 Å². The number of hydrogen-bond donors (Lipinski definition) is 1. The van der Waals surface area contributed by atoms with E-state index in [1.54, 1.807) is 0 Å². The molecule has 1 aliphatic heterocycles. The molecule has 0 aliphatic carbocycles. The lowest BCUT2D eigenvalue weighted by Crippen LogP contribution is -2.44. The fourth-order valence-electron chi connectivity index (χ4n) is 2.06. The van der Waals surface area contributed by atoms with Gasteiger partial charge in [0.15, 0.2) is 0 Å². The Balaban J connectivity index is 2.61. The zero-order valence-corrected chi connectivity index (χ0v) is 9.66. The number of ether oxygens (including phenoxy) is 1. The van der Waals surface area contributed by atoms with E-state index < -0.39 is 11.4 Å². The Morgan fingerprint density at radius 3 is 2.67 bits per heavy atom. The third kappa shape index (κ3) is 2.92. The number of carboxylic acids is 1. The molecule has 1 atom stereocenters. The molecule has 0 aromatic carbocycles. The first-order valence-electron chi connectivity index (χ1n) is 5.68. The Hall–Kier alpha value is -0.610. The van der Waals surface area contributed by atoms with E-state index in [2.05, 4.69) is 18.7 Å². The minimum absolute atomic E-state index is 0.364. The molecule has 0 bridgehead atoms. The smallest absolute Gasteiger partial charge is 0.313 e. The zero-order chi connectivity index (χ0) is 11.3. The molecule has 0 aromatic heterocycles. The Morgan fingerprint density at radius 2 is 2.27 bits per heavy atom. The fraction of sp³-hybridized carbons (Fsp3) is 0.909. The molecule has 1 rings (SSSR count). The molecule has 4 nitrogen and oxygen atoms in total. The number of hydrogen-bond acceptors (Lipinski definition) is 3. The van der Waals surface area contributed by atoms with Crippen molar-refractivity contribution in [2.24, 2.45) is 5.41 Å². The van der Waals surface area contributed by atoms with E-state index in [0.717, 1.165) is 19.5 Å². The van der Waals surface area contributed by atoms with Crippen molar-refractivity contribution in [1.82, 2.24) is 4.90 Å². The highest BCUT2D eigenvalue weighted by molar-refractivity contribution is 5.75. The van der Waals surface area contributed by atoms with Gasteiger partial charge in [-0.1, -0.05) is 13.8 Å². The minimum atomic E-state index is -0.713. The first kappa shape index (κ1) is 12.5. The SMILES string of the molecule is CCCN(CC)CC1(C(=O)O)CCOC1. The van der Waals surface area contributed by atoms with Crippen LogP contribution in [0.3, 0.4) is 0 Å². The fourth-order valence-corrected chi connectivity index (χ4v) is 2.06. The van der Waals surface area contributed by atoms with Gasteiger partial charge in [-0.15, -0.1) is 0 Å². The van der Waals surface area contributed by atoms with Crippen molar-refractivity contribution in [3.63, 3.8) is 0 Å². The Bertz CT molecular complexity index is 212. The molecule has 0 saturated carbocycles. The molecule has 0 radical (unpaired) electrons. The van der Waals surface area contributed by atoms with Crippen LogP contribution < -0.4 is 0 Å². The van der Waals surface area contributed by atoms with E-state index in [-0.39, 0.29) is 0 Å². The van der Waals surface area contributed by atoms with E-state index in [4.69, 9.17) is 4.74 Å². The van der Waals surface area contributed by atoms with Gasteiger partial charge in [0.25, 0.3) is 0 Å². The van der Waals surface area contributed by atoms with Gasteiger partial charge in [0.2, 0.25) is 0 Å². The topological polar surface area (TPSA) is 49.8 Å². The van der Waals surface area contributed by atoms with E-state index in [1.165, 1.54) is 0 Å². The summed E-state index contributed by atoms with van der Waals surface area (Å²) in [5.41, 5.74) is -0.662. The Morgan fingerprint density at radius 1 is 1.53 bits per heavy atom. The largest absolute Gasteiger partial charge is 0.481 e. The summed E-state index contributed by atoms with van der Waals surface area (Å²) in [5.74, 6) is -0.713. The summed E-state index contributed by atoms with van der Waals surface area (Å²) >= 11 is 0. The molecule has 88 valence electrons. The van der Waals surface area contributed by atoms with E-state index in [9.17, 15) is 9.90 Å². The summed E-state index contributed by atoms with van der Waals surface area (Å²) in [6.07, 6.45) is 1.70. The molecule has 1 saturated heterocycles. The second-order valence-corrected chi connectivity index (χ2v) is 4.26. The van der Waals surface area contributed by atoms with Crippen molar-refractivity contribution >= 4 is 5.97 Å². The molecular formula is C11H21NO3. The standard InChI is InChI=1S/C11H21NO3/c1-3-6-12(4-2)8-11(10(13)14)5-7-15-9-11/h3-9H2,1-2H3,(H,13,14). The van der Waals surface area contributed by atoms with Gasteiger partial charge in [0.1, 0.15) is 5.41 Å². The highest BCUT2D eigenvalue weighted by Gasteiger charge is 2.43. The molecular weight excluding hydrogens is 194 g/mol. The van der Waals surface area contributed by atoms with Gasteiger partial charge in [0, 0.05) is 13.2 Å². The predicted molar refractivity (Wildman–Crippen MR) is 57.9 cm³/mol. The lowest BCUT2D eigenvalue weighted by molar-refractivity contribution is -0.150. The van der Waals surface area contributed by atoms with Crippen LogP contribution in [0.4, 0.5) is 0 Å². The Kier molecular flexibility index (Phi) is 4.54. The molecule has 0 aromatic rings. The van der Waals surface area contributed by atoms with Crippen LogP contribution in [0.25, 0.3) is 0 Å². The van der Waals surface area contributed by atoms with E-state index in [0.29, 0.717) is 26.2 Å². The second kappa shape index (κ2) is 5.47. The van der Waals surface area contributed by atoms with Gasteiger partial charge in [-0.2, -0.15) is 0 Å². The van der Waals surface area contributed by atoms with Crippen molar-refractivity contribution in [3.05, 3.63) is 0 Å². The quantitative estimate of drug-likeness (QED) is 0.723. The Labute approximate surface area is 91.2 Å². The average Bonchev–Trinajstić information content (AvgIpc) is 2.67. The van der Waals surface area contributed by atoms with Gasteiger partial charge in [-0.25, -0.2) is 0 Å². The maximum atomic E-state index is 11.3. The zero-order valence-electron chi connectivity index (χ0n) is 9.66. The second-order valence-electron chi connectivity index (χ2n) is 4.26. The molecule has 0 amide bonds. The normalized spacial score (nSPS) is 26.1. The highest BCUT2D eigenvalue weighted by Crippen LogP contribution is 2.30. The summed E-state index contributed by atoms with van der Waals surface area (Å²) < 4.78 is 5.24. The van der Waals surface area contributed by atoms with Crippen molar-refractivity contribution < 1.29 is 14.6 Å². The molecule has 0 spiro atoms. The van der Waals surface area contributed by atoms with Crippen molar-refractivity contribution in [2.75, 3.05) is 32.8 Å². The van der Waals surface area contributed by atoms with Crippen LogP contribution in [-0.2, 0) is 9.53 Å². The average molecular weight is 215 g/mol. The van der Waals surface area contributed by atoms with Crippen LogP contribution in [0.15, 0.2) is 0 Å². The predicted octanol–water partition coefficient (Wildman–Crippen LogP) is 1.21. The molecule has 1 N–H and O–H groups in total. The van der Waals surface area contributed by atoms with Crippen molar-refractivity contribution in [3.8, 4) is 0 Å². The van der Waals surface area contributed by atoms with Crippen LogP contribution in [0.1, 0.15) is 26.7 Å². The first-order valence-corrected chi connectivity index (χ1v) is 5.68. The van der Waals surface area contributed by atoms with Gasteiger partial charge in [-0.3, -0.25) is 4.79 Å². The van der Waals surface area contributed by atoms with E-state index >= 15 is 0 Å². The third-order valence-electron chi connectivity index (χ3n) is 3.07. The van der Waals surface area contributed by atoms with Gasteiger partial charge >= 0.3 is 5.97 Å². The molecule has 1 heterocycles. The van der Waals surface area contributed by atoms with E-state index in [1.807, 2.05) is 0 Å². The van der Waals surface area contributed by atoms with Crippen molar-refractivity contribution in [2.45, 2.75) is 26.7 Å². The van der Waals surface area contributed by atoms with Crippen LogP contribution in [0.5, 0.6) is 0 Å². The number of nitrogens with zero attached hydrogens (tertiary/aromatic N) is 1. The number of aliphatic carboxylic acids is 1. The maximum absolute atomic E-state index is 11.3. The molecule has 1 unspecified atom stereocenters. The third-order valence-corrected chi connectivity index (χ3v) is 3.07. The lowest BCUT2D eigenvalue weighted by Gasteiger charge is -2.30. The van der Waals surface area contributed by atoms with Gasteiger partial charge in [-0.05, 0) is 25.9 Å². The summed E-state index contributed by atoms with van der Waals surface area (Å²) in [6.45, 7) is 7.61. The van der Waals surface area contributed by atoms with Crippen LogP contribution in [0.2, 0.25) is 0 Å². The molecule has 1 fully saturated rings. The molecule has 15 heavy (non-hydrogen) atoms. The first-order chi connectivity index (χ1) is 7.14. The monoisotopic (exact) mass is 215 g/mol. The summed E-state index contributed by atoms with van der Waals surface area (Å²) in [4.78, 5) is 13.5.